The number of hydrogen-bond donors (Lipinski definition) is 2. The van der Waals surface area contributed by atoms with Gasteiger partial charge in [0.05, 0.1) is 0 Å². The SMILES string of the molecule is O=C(O)C(O)c1cc(Cl)cc(Br)c1. The second-order valence-corrected chi connectivity index (χ2v) is 3.80. The van der Waals surface area contributed by atoms with Crippen LogP contribution in [0.2, 0.25) is 5.02 Å². The molecule has 0 radical (unpaired) electrons. The number of carbonyl (C=O) groups is 1. The Balaban J connectivity index is 3.07. The molecule has 0 saturated carbocycles. The fourth-order valence-electron chi connectivity index (χ4n) is 0.876. The molecular weight excluding hydrogens is 259 g/mol. The highest BCUT2D eigenvalue weighted by molar-refractivity contribution is 9.10. The van der Waals surface area contributed by atoms with E-state index in [1.165, 1.54) is 12.1 Å². The van der Waals surface area contributed by atoms with Gasteiger partial charge in [0.1, 0.15) is 0 Å². The minimum absolute atomic E-state index is 0.256. The fourth-order valence-corrected chi connectivity index (χ4v) is 1.76. The second-order valence-electron chi connectivity index (χ2n) is 2.44. The van der Waals surface area contributed by atoms with Crippen molar-refractivity contribution in [3.05, 3.63) is 33.3 Å². The molecule has 0 heterocycles. The van der Waals surface area contributed by atoms with E-state index in [0.29, 0.717) is 9.50 Å². The lowest BCUT2D eigenvalue weighted by Gasteiger charge is -2.06. The van der Waals surface area contributed by atoms with Crippen molar-refractivity contribution in [3.63, 3.8) is 0 Å². The minimum Gasteiger partial charge on any atom is -0.479 e. The van der Waals surface area contributed by atoms with Crippen LogP contribution in [0.15, 0.2) is 22.7 Å². The lowest BCUT2D eigenvalue weighted by molar-refractivity contribution is -0.146. The summed E-state index contributed by atoms with van der Waals surface area (Å²) >= 11 is 8.81. The molecule has 3 nitrogen and oxygen atoms in total. The lowest BCUT2D eigenvalue weighted by Crippen LogP contribution is -2.10. The Morgan fingerprint density at radius 2 is 2.08 bits per heavy atom. The minimum atomic E-state index is -1.53. The maximum absolute atomic E-state index is 10.4. The molecule has 0 fully saturated rings. The molecule has 2 N–H and O–H groups in total. The van der Waals surface area contributed by atoms with Crippen molar-refractivity contribution in [1.82, 2.24) is 0 Å². The molecule has 0 aromatic heterocycles. The van der Waals surface area contributed by atoms with E-state index in [4.69, 9.17) is 21.8 Å². The maximum Gasteiger partial charge on any atom is 0.337 e. The summed E-state index contributed by atoms with van der Waals surface area (Å²) < 4.78 is 0.635. The van der Waals surface area contributed by atoms with Crippen LogP contribution in [0.25, 0.3) is 0 Å². The predicted molar refractivity (Wildman–Crippen MR) is 51.7 cm³/mol. The first-order chi connectivity index (χ1) is 6.00. The van der Waals surface area contributed by atoms with Gasteiger partial charge >= 0.3 is 5.97 Å². The standard InChI is InChI=1S/C8H6BrClO3/c9-5-1-4(2-6(10)3-5)7(11)8(12)13/h1-3,7,11H,(H,12,13). The van der Waals surface area contributed by atoms with E-state index in [1.807, 2.05) is 0 Å². The van der Waals surface area contributed by atoms with Crippen LogP contribution in [0.5, 0.6) is 0 Å². The van der Waals surface area contributed by atoms with Gasteiger partial charge in [-0.25, -0.2) is 4.79 Å². The fraction of sp³-hybridized carbons (Fsp3) is 0.125. The molecule has 1 aromatic rings. The molecule has 0 spiro atoms. The molecule has 0 aliphatic heterocycles. The topological polar surface area (TPSA) is 57.5 Å². The highest BCUT2D eigenvalue weighted by Gasteiger charge is 2.16. The van der Waals surface area contributed by atoms with E-state index in [0.717, 1.165) is 0 Å². The van der Waals surface area contributed by atoms with Crippen LogP contribution in [0.4, 0.5) is 0 Å². The largest absolute Gasteiger partial charge is 0.479 e. The summed E-state index contributed by atoms with van der Waals surface area (Å²) in [7, 11) is 0. The number of hydrogen-bond acceptors (Lipinski definition) is 2. The maximum atomic E-state index is 10.4. The molecule has 13 heavy (non-hydrogen) atoms. The predicted octanol–water partition coefficient (Wildman–Crippen LogP) is 2.22. The van der Waals surface area contributed by atoms with Gasteiger partial charge in [-0.1, -0.05) is 27.5 Å². The molecule has 1 unspecified atom stereocenters. The van der Waals surface area contributed by atoms with Crippen LogP contribution in [-0.4, -0.2) is 16.2 Å². The second kappa shape index (κ2) is 4.09. The molecule has 1 atom stereocenters. The van der Waals surface area contributed by atoms with E-state index in [2.05, 4.69) is 15.9 Å². The molecule has 0 saturated heterocycles. The zero-order valence-electron chi connectivity index (χ0n) is 6.37. The van der Waals surface area contributed by atoms with Crippen molar-refractivity contribution >= 4 is 33.5 Å². The number of rotatable bonds is 2. The third kappa shape index (κ3) is 2.69. The third-order valence-corrected chi connectivity index (χ3v) is 2.11. The number of aliphatic carboxylic acids is 1. The monoisotopic (exact) mass is 264 g/mol. The third-order valence-electron chi connectivity index (χ3n) is 1.43. The average Bonchev–Trinajstić information content (AvgIpc) is 2.01. The summed E-state index contributed by atoms with van der Waals surface area (Å²) in [6, 6.07) is 4.52. The Labute approximate surface area is 88.1 Å². The molecule has 0 aliphatic carbocycles. The van der Waals surface area contributed by atoms with E-state index in [9.17, 15) is 4.79 Å². The Morgan fingerprint density at radius 3 is 2.54 bits per heavy atom. The highest BCUT2D eigenvalue weighted by Crippen LogP contribution is 2.23. The van der Waals surface area contributed by atoms with Crippen molar-refractivity contribution in [2.45, 2.75) is 6.10 Å². The van der Waals surface area contributed by atoms with Gasteiger partial charge in [-0.3, -0.25) is 0 Å². The van der Waals surface area contributed by atoms with Crippen LogP contribution in [0, 0.1) is 0 Å². The number of benzene rings is 1. The summed E-state index contributed by atoms with van der Waals surface area (Å²) in [6.45, 7) is 0. The summed E-state index contributed by atoms with van der Waals surface area (Å²) in [5.74, 6) is -1.30. The molecule has 70 valence electrons. The van der Waals surface area contributed by atoms with Crippen LogP contribution < -0.4 is 0 Å². The van der Waals surface area contributed by atoms with Crippen LogP contribution in [0.1, 0.15) is 11.7 Å². The number of halogens is 2. The zero-order chi connectivity index (χ0) is 10.0. The molecular formula is C8H6BrClO3. The van der Waals surface area contributed by atoms with Crippen LogP contribution >= 0.6 is 27.5 Å². The lowest BCUT2D eigenvalue weighted by atomic mass is 10.1. The van der Waals surface area contributed by atoms with Gasteiger partial charge in [-0.15, -0.1) is 0 Å². The molecule has 0 amide bonds. The Morgan fingerprint density at radius 1 is 1.46 bits per heavy atom. The van der Waals surface area contributed by atoms with Crippen molar-refractivity contribution in [1.29, 1.82) is 0 Å². The van der Waals surface area contributed by atoms with Gasteiger partial charge in [0.25, 0.3) is 0 Å². The van der Waals surface area contributed by atoms with E-state index in [-0.39, 0.29) is 5.56 Å². The summed E-state index contributed by atoms with van der Waals surface area (Å²) in [5, 5.41) is 18.1. The zero-order valence-corrected chi connectivity index (χ0v) is 8.71. The summed E-state index contributed by atoms with van der Waals surface area (Å²) in [6.07, 6.45) is -1.53. The first-order valence-corrected chi connectivity index (χ1v) is 4.54. The molecule has 1 rings (SSSR count). The van der Waals surface area contributed by atoms with Gasteiger partial charge in [0.2, 0.25) is 0 Å². The number of carboxylic acid groups (broad SMARTS) is 1. The Bertz CT molecular complexity index is 320. The van der Waals surface area contributed by atoms with Crippen molar-refractivity contribution in [3.8, 4) is 0 Å². The van der Waals surface area contributed by atoms with Crippen molar-refractivity contribution in [2.75, 3.05) is 0 Å². The van der Waals surface area contributed by atoms with Crippen molar-refractivity contribution < 1.29 is 15.0 Å². The molecule has 0 bridgehead atoms. The van der Waals surface area contributed by atoms with Crippen molar-refractivity contribution in [2.24, 2.45) is 0 Å². The van der Waals surface area contributed by atoms with Gasteiger partial charge in [-0.2, -0.15) is 0 Å². The Hall–Kier alpha value is -0.580. The molecule has 5 heteroatoms. The number of carboxylic acids is 1. The van der Waals surface area contributed by atoms with E-state index in [1.54, 1.807) is 6.07 Å². The van der Waals surface area contributed by atoms with Crippen LogP contribution in [0.3, 0.4) is 0 Å². The smallest absolute Gasteiger partial charge is 0.337 e. The van der Waals surface area contributed by atoms with Gasteiger partial charge in [-0.05, 0) is 23.8 Å². The van der Waals surface area contributed by atoms with E-state index >= 15 is 0 Å². The summed E-state index contributed by atoms with van der Waals surface area (Å²) in [4.78, 5) is 10.4. The van der Waals surface area contributed by atoms with E-state index < -0.39 is 12.1 Å². The number of aliphatic hydroxyl groups excluding tert-OH is 1. The highest BCUT2D eigenvalue weighted by atomic mass is 79.9. The Kier molecular flexibility index (Phi) is 3.30. The average molecular weight is 265 g/mol. The molecule has 0 aliphatic rings. The van der Waals surface area contributed by atoms with Gasteiger partial charge in [0.15, 0.2) is 6.10 Å². The first kappa shape index (κ1) is 10.5. The number of aliphatic hydroxyl groups is 1. The summed E-state index contributed by atoms with van der Waals surface area (Å²) in [5.41, 5.74) is 0.256. The quantitative estimate of drug-likeness (QED) is 0.862. The van der Waals surface area contributed by atoms with Gasteiger partial charge < -0.3 is 10.2 Å². The van der Waals surface area contributed by atoms with Crippen LogP contribution in [-0.2, 0) is 4.79 Å². The normalized spacial score (nSPS) is 12.5. The molecule has 1 aromatic carbocycles. The first-order valence-electron chi connectivity index (χ1n) is 3.37. The van der Waals surface area contributed by atoms with Gasteiger partial charge in [0, 0.05) is 9.50 Å².